The standard InChI is InChI=1S/C13H20N6O/c1-2-18(8-10-3-5-14-6-4-10)11-7-12-16-17-13(20)19(12)9-15-11/h7,9-10,14H,2-6,8H2,1H3,(H,17,20). The van der Waals surface area contributed by atoms with E-state index in [2.05, 4.69) is 32.3 Å². The zero-order valence-corrected chi connectivity index (χ0v) is 11.7. The normalized spacial score (nSPS) is 16.6. The van der Waals surface area contributed by atoms with E-state index in [4.69, 9.17) is 0 Å². The van der Waals surface area contributed by atoms with Crippen molar-refractivity contribution in [3.63, 3.8) is 0 Å². The number of fused-ring (bicyclic) bond motifs is 1. The van der Waals surface area contributed by atoms with Crippen LogP contribution in [0.5, 0.6) is 0 Å². The second-order valence-corrected chi connectivity index (χ2v) is 5.24. The lowest BCUT2D eigenvalue weighted by Gasteiger charge is -2.30. The van der Waals surface area contributed by atoms with Crippen molar-refractivity contribution >= 4 is 11.5 Å². The van der Waals surface area contributed by atoms with Crippen LogP contribution >= 0.6 is 0 Å². The molecule has 0 aliphatic carbocycles. The summed E-state index contributed by atoms with van der Waals surface area (Å²) in [6.07, 6.45) is 3.96. The average molecular weight is 276 g/mol. The van der Waals surface area contributed by atoms with E-state index in [1.165, 1.54) is 17.2 Å². The Balaban J connectivity index is 1.80. The van der Waals surface area contributed by atoms with Crippen molar-refractivity contribution in [2.75, 3.05) is 31.1 Å². The first-order chi connectivity index (χ1) is 9.78. The van der Waals surface area contributed by atoms with Crippen LogP contribution < -0.4 is 15.9 Å². The summed E-state index contributed by atoms with van der Waals surface area (Å²) in [6.45, 7) is 6.24. The summed E-state index contributed by atoms with van der Waals surface area (Å²) in [7, 11) is 0. The Morgan fingerprint density at radius 2 is 2.25 bits per heavy atom. The van der Waals surface area contributed by atoms with Crippen LogP contribution in [0, 0.1) is 5.92 Å². The van der Waals surface area contributed by atoms with Crippen molar-refractivity contribution in [2.24, 2.45) is 5.92 Å². The van der Waals surface area contributed by atoms with Crippen LogP contribution in [0.2, 0.25) is 0 Å². The number of nitrogens with one attached hydrogen (secondary N) is 2. The SMILES string of the molecule is CCN(CC1CCNCC1)c1cc2n[nH]c(=O)n2cn1. The Hall–Kier alpha value is -1.89. The third-order valence-corrected chi connectivity index (χ3v) is 3.94. The van der Waals surface area contributed by atoms with E-state index in [1.54, 1.807) is 6.33 Å². The number of aromatic amines is 1. The summed E-state index contributed by atoms with van der Waals surface area (Å²) >= 11 is 0. The molecular weight excluding hydrogens is 256 g/mol. The summed E-state index contributed by atoms with van der Waals surface area (Å²) in [4.78, 5) is 18.1. The smallest absolute Gasteiger partial charge is 0.348 e. The summed E-state index contributed by atoms with van der Waals surface area (Å²) in [5.41, 5.74) is 0.365. The number of aromatic nitrogens is 4. The van der Waals surface area contributed by atoms with Gasteiger partial charge in [-0.05, 0) is 38.8 Å². The quantitative estimate of drug-likeness (QED) is 0.836. The van der Waals surface area contributed by atoms with Gasteiger partial charge >= 0.3 is 5.69 Å². The van der Waals surface area contributed by atoms with Gasteiger partial charge in [0.05, 0.1) is 0 Å². The number of rotatable bonds is 4. The second-order valence-electron chi connectivity index (χ2n) is 5.24. The number of H-pyrrole nitrogens is 1. The zero-order valence-electron chi connectivity index (χ0n) is 11.7. The fourth-order valence-electron chi connectivity index (χ4n) is 2.73. The molecule has 2 aromatic heterocycles. The van der Waals surface area contributed by atoms with E-state index in [0.29, 0.717) is 11.6 Å². The molecule has 1 aliphatic rings. The van der Waals surface area contributed by atoms with Gasteiger partial charge in [-0.1, -0.05) is 0 Å². The third-order valence-electron chi connectivity index (χ3n) is 3.94. The lowest BCUT2D eigenvalue weighted by Crippen LogP contribution is -2.36. The van der Waals surface area contributed by atoms with Gasteiger partial charge in [-0.3, -0.25) is 0 Å². The summed E-state index contributed by atoms with van der Waals surface area (Å²) in [5.74, 6) is 1.59. The maximum absolute atomic E-state index is 11.4. The predicted octanol–water partition coefficient (Wildman–Crippen LogP) is 0.244. The van der Waals surface area contributed by atoms with Crippen molar-refractivity contribution in [3.8, 4) is 0 Å². The fraction of sp³-hybridized carbons (Fsp3) is 0.615. The Kier molecular flexibility index (Phi) is 3.68. The van der Waals surface area contributed by atoms with Gasteiger partial charge in [0, 0.05) is 19.2 Å². The number of hydrogen-bond acceptors (Lipinski definition) is 5. The number of anilines is 1. The molecule has 2 N–H and O–H groups in total. The van der Waals surface area contributed by atoms with Gasteiger partial charge in [0.2, 0.25) is 0 Å². The minimum atomic E-state index is -0.250. The molecule has 20 heavy (non-hydrogen) atoms. The van der Waals surface area contributed by atoms with Crippen molar-refractivity contribution in [1.82, 2.24) is 24.9 Å². The molecule has 0 saturated carbocycles. The first kappa shape index (κ1) is 13.1. The van der Waals surface area contributed by atoms with Crippen LogP contribution in [0.25, 0.3) is 5.65 Å². The van der Waals surface area contributed by atoms with Gasteiger partial charge < -0.3 is 10.2 Å². The van der Waals surface area contributed by atoms with E-state index in [1.807, 2.05) is 6.07 Å². The molecule has 2 aromatic rings. The molecule has 0 spiro atoms. The lowest BCUT2D eigenvalue weighted by molar-refractivity contribution is 0.374. The van der Waals surface area contributed by atoms with Gasteiger partial charge in [-0.25, -0.2) is 19.3 Å². The van der Waals surface area contributed by atoms with Crippen molar-refractivity contribution in [3.05, 3.63) is 22.9 Å². The molecular formula is C13H20N6O. The minimum Gasteiger partial charge on any atom is -0.356 e. The molecule has 0 atom stereocenters. The Morgan fingerprint density at radius 3 is 3.00 bits per heavy atom. The molecule has 0 amide bonds. The summed E-state index contributed by atoms with van der Waals surface area (Å²) in [6, 6.07) is 1.86. The van der Waals surface area contributed by atoms with E-state index in [0.717, 1.165) is 32.0 Å². The number of nitrogens with zero attached hydrogens (tertiary/aromatic N) is 4. The van der Waals surface area contributed by atoms with Gasteiger partial charge in [0.1, 0.15) is 12.1 Å². The molecule has 0 aromatic carbocycles. The molecule has 7 heteroatoms. The molecule has 0 bridgehead atoms. The van der Waals surface area contributed by atoms with Crippen molar-refractivity contribution in [2.45, 2.75) is 19.8 Å². The largest absolute Gasteiger partial charge is 0.356 e. The first-order valence-electron chi connectivity index (χ1n) is 7.16. The first-order valence-corrected chi connectivity index (χ1v) is 7.16. The van der Waals surface area contributed by atoms with Gasteiger partial charge in [0.15, 0.2) is 5.65 Å². The summed E-state index contributed by atoms with van der Waals surface area (Å²) < 4.78 is 1.42. The van der Waals surface area contributed by atoms with Gasteiger partial charge in [-0.15, -0.1) is 0 Å². The Morgan fingerprint density at radius 1 is 1.45 bits per heavy atom. The van der Waals surface area contributed by atoms with Crippen LogP contribution in [0.4, 0.5) is 5.82 Å². The highest BCUT2D eigenvalue weighted by molar-refractivity contribution is 5.50. The monoisotopic (exact) mass is 276 g/mol. The van der Waals surface area contributed by atoms with E-state index < -0.39 is 0 Å². The summed E-state index contributed by atoms with van der Waals surface area (Å²) in [5, 5.41) is 9.81. The van der Waals surface area contributed by atoms with Crippen LogP contribution in [-0.4, -0.2) is 45.8 Å². The molecule has 3 heterocycles. The third kappa shape index (κ3) is 2.53. The van der Waals surface area contributed by atoms with Gasteiger partial charge in [-0.2, -0.15) is 5.10 Å². The molecule has 7 nitrogen and oxygen atoms in total. The van der Waals surface area contributed by atoms with E-state index >= 15 is 0 Å². The number of hydrogen-bond donors (Lipinski definition) is 2. The average Bonchev–Trinajstić information content (AvgIpc) is 2.87. The predicted molar refractivity (Wildman–Crippen MR) is 77.1 cm³/mol. The van der Waals surface area contributed by atoms with Crippen LogP contribution in [0.3, 0.4) is 0 Å². The highest BCUT2D eigenvalue weighted by Crippen LogP contribution is 2.18. The van der Waals surface area contributed by atoms with Crippen molar-refractivity contribution < 1.29 is 0 Å². The topological polar surface area (TPSA) is 78.3 Å². The number of piperidine rings is 1. The lowest BCUT2D eigenvalue weighted by atomic mass is 9.97. The Bertz CT molecular complexity index is 627. The Labute approximate surface area is 117 Å². The second kappa shape index (κ2) is 5.62. The molecule has 108 valence electrons. The van der Waals surface area contributed by atoms with Crippen LogP contribution in [-0.2, 0) is 0 Å². The molecule has 1 fully saturated rings. The van der Waals surface area contributed by atoms with Crippen LogP contribution in [0.15, 0.2) is 17.2 Å². The highest BCUT2D eigenvalue weighted by Gasteiger charge is 2.17. The molecule has 1 aliphatic heterocycles. The van der Waals surface area contributed by atoms with Crippen LogP contribution in [0.1, 0.15) is 19.8 Å². The van der Waals surface area contributed by atoms with Crippen molar-refractivity contribution in [1.29, 1.82) is 0 Å². The molecule has 0 radical (unpaired) electrons. The molecule has 0 unspecified atom stereocenters. The van der Waals surface area contributed by atoms with Gasteiger partial charge in [0.25, 0.3) is 0 Å². The highest BCUT2D eigenvalue weighted by atomic mass is 16.1. The minimum absolute atomic E-state index is 0.250. The maximum Gasteiger partial charge on any atom is 0.348 e. The van der Waals surface area contributed by atoms with E-state index in [-0.39, 0.29) is 5.69 Å². The maximum atomic E-state index is 11.4. The molecule has 1 saturated heterocycles. The van der Waals surface area contributed by atoms with E-state index in [9.17, 15) is 4.79 Å². The molecule has 3 rings (SSSR count). The fourth-order valence-corrected chi connectivity index (χ4v) is 2.73. The zero-order chi connectivity index (χ0) is 13.9.